The fourth-order valence-electron chi connectivity index (χ4n) is 3.78. The van der Waals surface area contributed by atoms with Crippen molar-refractivity contribution in [1.29, 1.82) is 0 Å². The summed E-state index contributed by atoms with van der Waals surface area (Å²) in [6.07, 6.45) is 3.09. The fourth-order valence-corrected chi connectivity index (χ4v) is 4.76. The molecule has 3 unspecified atom stereocenters. The lowest BCUT2D eigenvalue weighted by Gasteiger charge is -2.37. The Labute approximate surface area is 161 Å². The van der Waals surface area contributed by atoms with Crippen molar-refractivity contribution in [3.8, 4) is 0 Å². The van der Waals surface area contributed by atoms with Crippen LogP contribution >= 0.6 is 11.8 Å². The van der Waals surface area contributed by atoms with Gasteiger partial charge in [-0.05, 0) is 30.6 Å². The van der Waals surface area contributed by atoms with Crippen LogP contribution in [0.5, 0.6) is 0 Å². The minimum Gasteiger partial charge on any atom is -0.459 e. The van der Waals surface area contributed by atoms with Crippen molar-refractivity contribution in [3.05, 3.63) is 22.5 Å². The number of carbonyl (C=O) groups is 1. The molecule has 9 heteroatoms. The number of esters is 1. The Kier molecular flexibility index (Phi) is 6.10. The van der Waals surface area contributed by atoms with Crippen molar-refractivity contribution >= 4 is 23.5 Å². The SMILES string of the molecule is CC1CCC(C(C)C)[C@H](OC(=O)C2O[C@H](n3cc(F)c(N)nc3=O)CS2)C1. The highest BCUT2D eigenvalue weighted by atomic mass is 32.2. The molecule has 3 rings (SSSR count). The van der Waals surface area contributed by atoms with Crippen LogP contribution in [0.25, 0.3) is 0 Å². The van der Waals surface area contributed by atoms with E-state index in [9.17, 15) is 14.0 Å². The van der Waals surface area contributed by atoms with Crippen LogP contribution in [-0.4, -0.2) is 32.8 Å². The molecule has 1 aromatic heterocycles. The van der Waals surface area contributed by atoms with Gasteiger partial charge in [0.2, 0.25) is 5.44 Å². The second-order valence-corrected chi connectivity index (χ2v) is 8.82. The third-order valence-electron chi connectivity index (χ3n) is 5.34. The van der Waals surface area contributed by atoms with Gasteiger partial charge in [-0.1, -0.05) is 27.2 Å². The van der Waals surface area contributed by atoms with Crippen LogP contribution in [-0.2, 0) is 14.3 Å². The third-order valence-corrected chi connectivity index (χ3v) is 6.42. The lowest BCUT2D eigenvalue weighted by Crippen LogP contribution is -2.38. The van der Waals surface area contributed by atoms with Gasteiger partial charge in [0, 0.05) is 5.75 Å². The highest BCUT2D eigenvalue weighted by Gasteiger charge is 2.39. The molecule has 0 amide bonds. The molecule has 1 aliphatic carbocycles. The van der Waals surface area contributed by atoms with Gasteiger partial charge in [0.25, 0.3) is 0 Å². The summed E-state index contributed by atoms with van der Waals surface area (Å²) in [5.41, 5.74) is 3.74. The lowest BCUT2D eigenvalue weighted by molar-refractivity contribution is -0.166. The topological polar surface area (TPSA) is 96.4 Å². The Hall–Kier alpha value is -1.61. The normalized spacial score (nSPS) is 31.2. The quantitative estimate of drug-likeness (QED) is 0.777. The number of carbonyl (C=O) groups excluding carboxylic acids is 1. The molecule has 1 aliphatic heterocycles. The zero-order chi connectivity index (χ0) is 19.7. The number of anilines is 1. The van der Waals surface area contributed by atoms with Gasteiger partial charge in [0.05, 0.1) is 6.20 Å². The van der Waals surface area contributed by atoms with Gasteiger partial charge in [0.1, 0.15) is 12.3 Å². The smallest absolute Gasteiger partial charge is 0.351 e. The van der Waals surface area contributed by atoms with E-state index in [0.29, 0.717) is 23.5 Å². The molecule has 0 bridgehead atoms. The van der Waals surface area contributed by atoms with Crippen molar-refractivity contribution in [2.45, 2.75) is 57.8 Å². The third kappa shape index (κ3) is 4.45. The summed E-state index contributed by atoms with van der Waals surface area (Å²) < 4.78 is 26.1. The van der Waals surface area contributed by atoms with Crippen molar-refractivity contribution in [2.75, 3.05) is 11.5 Å². The number of nitrogens with zero attached hydrogens (tertiary/aromatic N) is 2. The predicted molar refractivity (Wildman–Crippen MR) is 100 cm³/mol. The van der Waals surface area contributed by atoms with Crippen LogP contribution in [0.4, 0.5) is 10.2 Å². The van der Waals surface area contributed by atoms with Gasteiger partial charge < -0.3 is 15.2 Å². The summed E-state index contributed by atoms with van der Waals surface area (Å²) in [7, 11) is 0. The number of hydrogen-bond acceptors (Lipinski definition) is 7. The number of aromatic nitrogens is 2. The van der Waals surface area contributed by atoms with E-state index in [0.717, 1.165) is 30.0 Å². The highest BCUT2D eigenvalue weighted by Crippen LogP contribution is 2.37. The molecule has 1 aromatic rings. The number of ether oxygens (including phenoxy) is 2. The van der Waals surface area contributed by atoms with Crippen molar-refractivity contribution in [2.24, 2.45) is 17.8 Å². The summed E-state index contributed by atoms with van der Waals surface area (Å²) in [5.74, 6) is -0.0872. The first-order chi connectivity index (χ1) is 12.8. The predicted octanol–water partition coefficient (Wildman–Crippen LogP) is 2.56. The van der Waals surface area contributed by atoms with E-state index in [4.69, 9.17) is 15.2 Å². The number of rotatable bonds is 4. The van der Waals surface area contributed by atoms with Crippen molar-refractivity contribution in [3.63, 3.8) is 0 Å². The summed E-state index contributed by atoms with van der Waals surface area (Å²) in [5, 5.41) is 0. The summed E-state index contributed by atoms with van der Waals surface area (Å²) in [6.45, 7) is 6.46. The molecule has 27 heavy (non-hydrogen) atoms. The molecule has 0 radical (unpaired) electrons. The van der Waals surface area contributed by atoms with Crippen LogP contribution in [0.3, 0.4) is 0 Å². The first-order valence-corrected chi connectivity index (χ1v) is 10.3. The minimum atomic E-state index is -0.840. The van der Waals surface area contributed by atoms with E-state index in [2.05, 4.69) is 25.8 Å². The van der Waals surface area contributed by atoms with Gasteiger partial charge in [-0.2, -0.15) is 4.98 Å². The van der Waals surface area contributed by atoms with Gasteiger partial charge in [-0.25, -0.2) is 14.0 Å². The second-order valence-electron chi connectivity index (χ2n) is 7.72. The first-order valence-electron chi connectivity index (χ1n) is 9.28. The number of nitrogen functional groups attached to an aromatic ring is 1. The number of thioether (sulfide) groups is 1. The molecular formula is C18H26FN3O4S. The highest BCUT2D eigenvalue weighted by molar-refractivity contribution is 8.00. The molecule has 0 spiro atoms. The molecule has 7 nitrogen and oxygen atoms in total. The van der Waals surface area contributed by atoms with Gasteiger partial charge in [-0.15, -0.1) is 11.8 Å². The Balaban J connectivity index is 1.65. The molecule has 2 fully saturated rings. The van der Waals surface area contributed by atoms with Crippen molar-refractivity contribution < 1.29 is 18.7 Å². The first kappa shape index (κ1) is 20.1. The van der Waals surface area contributed by atoms with E-state index in [-0.39, 0.29) is 6.10 Å². The largest absolute Gasteiger partial charge is 0.459 e. The molecule has 2 heterocycles. The lowest BCUT2D eigenvalue weighted by atomic mass is 9.75. The molecule has 1 saturated carbocycles. The molecule has 2 N–H and O–H groups in total. The Morgan fingerprint density at radius 2 is 2.22 bits per heavy atom. The minimum absolute atomic E-state index is 0.122. The molecule has 5 atom stereocenters. The second kappa shape index (κ2) is 8.18. The summed E-state index contributed by atoms with van der Waals surface area (Å²) >= 11 is 1.23. The van der Waals surface area contributed by atoms with E-state index >= 15 is 0 Å². The number of hydrogen-bond donors (Lipinski definition) is 1. The molecule has 150 valence electrons. The molecule has 2 aliphatic rings. The summed E-state index contributed by atoms with van der Waals surface area (Å²) in [4.78, 5) is 28.0. The number of halogens is 1. The standard InChI is InChI=1S/C18H26FN3O4S/c1-9(2)11-5-4-10(3)6-13(11)25-16(23)17-26-14(8-27-17)22-7-12(19)15(20)21-18(22)24/h7,9-11,13-14,17H,4-6,8H2,1-3H3,(H2,20,21,24)/t10?,11?,13-,14+,17?/m1/s1. The van der Waals surface area contributed by atoms with Gasteiger partial charge in [-0.3, -0.25) is 4.57 Å². The monoisotopic (exact) mass is 399 g/mol. The zero-order valence-corrected chi connectivity index (χ0v) is 16.6. The van der Waals surface area contributed by atoms with Crippen LogP contribution in [0.2, 0.25) is 0 Å². The van der Waals surface area contributed by atoms with E-state index in [1.807, 2.05) is 0 Å². The zero-order valence-electron chi connectivity index (χ0n) is 15.8. The van der Waals surface area contributed by atoms with Gasteiger partial charge in [0.15, 0.2) is 11.6 Å². The summed E-state index contributed by atoms with van der Waals surface area (Å²) in [6, 6.07) is 0. The van der Waals surface area contributed by atoms with Crippen molar-refractivity contribution in [1.82, 2.24) is 9.55 Å². The average molecular weight is 399 g/mol. The van der Waals surface area contributed by atoms with E-state index in [1.165, 1.54) is 11.8 Å². The molecule has 0 aromatic carbocycles. The van der Waals surface area contributed by atoms with Crippen LogP contribution in [0.15, 0.2) is 11.0 Å². The average Bonchev–Trinajstić information content (AvgIpc) is 3.08. The maximum absolute atomic E-state index is 13.6. The molecular weight excluding hydrogens is 373 g/mol. The van der Waals surface area contributed by atoms with Crippen LogP contribution in [0, 0.1) is 23.6 Å². The molecule has 1 saturated heterocycles. The van der Waals surface area contributed by atoms with Crippen LogP contribution in [0.1, 0.15) is 46.3 Å². The fraction of sp³-hybridized carbons (Fsp3) is 0.722. The Morgan fingerprint density at radius 1 is 1.48 bits per heavy atom. The maximum atomic E-state index is 13.6. The maximum Gasteiger partial charge on any atom is 0.351 e. The van der Waals surface area contributed by atoms with E-state index in [1.54, 1.807) is 0 Å². The Bertz CT molecular complexity index is 757. The van der Waals surface area contributed by atoms with Crippen LogP contribution < -0.4 is 11.4 Å². The Morgan fingerprint density at radius 3 is 2.93 bits per heavy atom. The van der Waals surface area contributed by atoms with E-state index < -0.39 is 35.0 Å². The van der Waals surface area contributed by atoms with Gasteiger partial charge >= 0.3 is 11.7 Å². The number of nitrogens with two attached hydrogens (primary N) is 1.